The van der Waals surface area contributed by atoms with E-state index < -0.39 is 0 Å². The predicted molar refractivity (Wildman–Crippen MR) is 88.8 cm³/mol. The van der Waals surface area contributed by atoms with E-state index in [1.165, 1.54) is 0 Å². The zero-order valence-electron chi connectivity index (χ0n) is 11.8. The summed E-state index contributed by atoms with van der Waals surface area (Å²) < 4.78 is 0. The molecule has 0 aliphatic carbocycles. The van der Waals surface area contributed by atoms with Crippen LogP contribution in [0.15, 0.2) is 42.5 Å². The van der Waals surface area contributed by atoms with E-state index in [0.717, 1.165) is 28.0 Å². The molecular formula is C16H15ClN4O. The van der Waals surface area contributed by atoms with Gasteiger partial charge in [-0.3, -0.25) is 4.79 Å². The number of rotatable bonds is 4. The highest BCUT2D eigenvalue weighted by molar-refractivity contribution is 6.29. The second kappa shape index (κ2) is 6.17. The Kier molecular flexibility index (Phi) is 4.09. The van der Waals surface area contributed by atoms with Crippen LogP contribution in [0.1, 0.15) is 5.56 Å². The summed E-state index contributed by atoms with van der Waals surface area (Å²) in [4.78, 5) is 19.1. The van der Waals surface area contributed by atoms with Gasteiger partial charge in [-0.15, -0.1) is 11.6 Å². The summed E-state index contributed by atoms with van der Waals surface area (Å²) in [5.41, 5.74) is 10.0. The molecule has 112 valence electrons. The van der Waals surface area contributed by atoms with Crippen molar-refractivity contribution in [2.75, 3.05) is 11.2 Å². The number of carbonyl (C=O) groups is 1. The highest BCUT2D eigenvalue weighted by Gasteiger charge is 2.07. The lowest BCUT2D eigenvalue weighted by Gasteiger charge is -2.01. The fourth-order valence-corrected chi connectivity index (χ4v) is 2.28. The number of halogens is 1. The maximum absolute atomic E-state index is 11.3. The minimum absolute atomic E-state index is 0.0721. The van der Waals surface area contributed by atoms with Gasteiger partial charge in [-0.25, -0.2) is 4.98 Å². The number of hydrogen-bond acceptors (Lipinski definition) is 3. The van der Waals surface area contributed by atoms with Gasteiger partial charge in [0.1, 0.15) is 11.7 Å². The number of alkyl halides is 1. The average Bonchev–Trinajstić information content (AvgIpc) is 2.98. The zero-order chi connectivity index (χ0) is 15.5. The zero-order valence-corrected chi connectivity index (χ0v) is 12.5. The number of nitrogens with one attached hydrogen (secondary N) is 2. The molecular weight excluding hydrogens is 300 g/mol. The third-order valence-electron chi connectivity index (χ3n) is 3.35. The molecule has 22 heavy (non-hydrogen) atoms. The normalized spacial score (nSPS) is 10.8. The van der Waals surface area contributed by atoms with Crippen molar-refractivity contribution >= 4 is 34.2 Å². The number of hydrogen-bond donors (Lipinski definition) is 3. The molecule has 1 amide bonds. The highest BCUT2D eigenvalue weighted by atomic mass is 35.5. The molecule has 2 aromatic carbocycles. The standard InChI is InChI=1S/C16H15ClN4O/c17-8-15(22)19-12-5-6-13-14(7-12)21-16(20-13)11-3-1-10(9-18)2-4-11/h1-7H,8-9,18H2,(H,19,22)(H,20,21). The number of nitrogens with two attached hydrogens (primary N) is 1. The molecule has 0 unspecified atom stereocenters. The summed E-state index contributed by atoms with van der Waals surface area (Å²) in [6, 6.07) is 13.4. The molecule has 0 aliphatic heterocycles. The molecule has 0 aliphatic rings. The van der Waals surface area contributed by atoms with E-state index in [4.69, 9.17) is 17.3 Å². The van der Waals surface area contributed by atoms with Gasteiger partial charge < -0.3 is 16.0 Å². The summed E-state index contributed by atoms with van der Waals surface area (Å²) >= 11 is 5.49. The molecule has 4 N–H and O–H groups in total. The second-order valence-electron chi connectivity index (χ2n) is 4.90. The number of amides is 1. The molecule has 0 radical (unpaired) electrons. The van der Waals surface area contributed by atoms with Crippen LogP contribution in [-0.4, -0.2) is 21.8 Å². The van der Waals surface area contributed by atoms with Crippen LogP contribution in [0.3, 0.4) is 0 Å². The second-order valence-corrected chi connectivity index (χ2v) is 5.17. The van der Waals surface area contributed by atoms with Gasteiger partial charge in [0.2, 0.25) is 5.91 Å². The van der Waals surface area contributed by atoms with Gasteiger partial charge in [-0.05, 0) is 23.8 Å². The lowest BCUT2D eigenvalue weighted by molar-refractivity contribution is -0.113. The molecule has 0 fully saturated rings. The molecule has 3 rings (SSSR count). The number of benzene rings is 2. The maximum Gasteiger partial charge on any atom is 0.239 e. The van der Waals surface area contributed by atoms with E-state index in [-0.39, 0.29) is 11.8 Å². The quantitative estimate of drug-likeness (QED) is 0.647. The van der Waals surface area contributed by atoms with Gasteiger partial charge in [0.15, 0.2) is 0 Å². The molecule has 0 bridgehead atoms. The van der Waals surface area contributed by atoms with Crippen LogP contribution < -0.4 is 11.1 Å². The fourth-order valence-electron chi connectivity index (χ4n) is 2.21. The Morgan fingerprint density at radius 1 is 1.23 bits per heavy atom. The first-order valence-electron chi connectivity index (χ1n) is 6.84. The number of imidazole rings is 1. The minimum Gasteiger partial charge on any atom is -0.338 e. The summed E-state index contributed by atoms with van der Waals surface area (Å²) in [6.07, 6.45) is 0. The number of aromatic nitrogens is 2. The van der Waals surface area contributed by atoms with Crippen molar-refractivity contribution in [3.8, 4) is 11.4 Å². The van der Waals surface area contributed by atoms with Gasteiger partial charge in [0, 0.05) is 17.8 Å². The van der Waals surface area contributed by atoms with Gasteiger partial charge in [0.05, 0.1) is 11.0 Å². The molecule has 0 saturated heterocycles. The van der Waals surface area contributed by atoms with Crippen LogP contribution in [0.4, 0.5) is 5.69 Å². The number of nitrogens with zero attached hydrogens (tertiary/aromatic N) is 1. The number of anilines is 1. The fraction of sp³-hybridized carbons (Fsp3) is 0.125. The van der Waals surface area contributed by atoms with E-state index in [9.17, 15) is 4.79 Å². The Morgan fingerprint density at radius 2 is 2.00 bits per heavy atom. The number of aromatic amines is 1. The van der Waals surface area contributed by atoms with Crippen LogP contribution in [0.5, 0.6) is 0 Å². The Labute approximate surface area is 132 Å². The third-order valence-corrected chi connectivity index (χ3v) is 3.59. The topological polar surface area (TPSA) is 83.8 Å². The van der Waals surface area contributed by atoms with Crippen molar-refractivity contribution in [1.82, 2.24) is 9.97 Å². The van der Waals surface area contributed by atoms with Crippen molar-refractivity contribution in [1.29, 1.82) is 0 Å². The van der Waals surface area contributed by atoms with Crippen molar-refractivity contribution < 1.29 is 4.79 Å². The lowest BCUT2D eigenvalue weighted by atomic mass is 10.1. The summed E-state index contributed by atoms with van der Waals surface area (Å²) in [5, 5.41) is 2.71. The molecule has 0 spiro atoms. The first kappa shape index (κ1) is 14.6. The summed E-state index contributed by atoms with van der Waals surface area (Å²) in [7, 11) is 0. The van der Waals surface area contributed by atoms with Crippen LogP contribution in [0.2, 0.25) is 0 Å². The van der Waals surface area contributed by atoms with Crippen molar-refractivity contribution in [2.24, 2.45) is 5.73 Å². The van der Waals surface area contributed by atoms with E-state index in [0.29, 0.717) is 12.2 Å². The first-order chi connectivity index (χ1) is 10.7. The largest absolute Gasteiger partial charge is 0.338 e. The van der Waals surface area contributed by atoms with Crippen molar-refractivity contribution in [3.05, 3.63) is 48.0 Å². The monoisotopic (exact) mass is 314 g/mol. The van der Waals surface area contributed by atoms with E-state index in [2.05, 4.69) is 15.3 Å². The van der Waals surface area contributed by atoms with Gasteiger partial charge >= 0.3 is 0 Å². The number of carbonyl (C=O) groups excluding carboxylic acids is 1. The molecule has 6 heteroatoms. The average molecular weight is 315 g/mol. The van der Waals surface area contributed by atoms with Gasteiger partial charge in [-0.1, -0.05) is 24.3 Å². The van der Waals surface area contributed by atoms with Crippen LogP contribution >= 0.6 is 11.6 Å². The molecule has 5 nitrogen and oxygen atoms in total. The SMILES string of the molecule is NCc1ccc(-c2nc3cc(NC(=O)CCl)ccc3[nH]2)cc1. The third kappa shape index (κ3) is 2.95. The highest BCUT2D eigenvalue weighted by Crippen LogP contribution is 2.23. The molecule has 3 aromatic rings. The van der Waals surface area contributed by atoms with E-state index >= 15 is 0 Å². The van der Waals surface area contributed by atoms with Gasteiger partial charge in [0.25, 0.3) is 0 Å². The lowest BCUT2D eigenvalue weighted by Crippen LogP contribution is -2.12. The molecule has 0 atom stereocenters. The van der Waals surface area contributed by atoms with Crippen LogP contribution in [-0.2, 0) is 11.3 Å². The van der Waals surface area contributed by atoms with E-state index in [1.807, 2.05) is 42.5 Å². The van der Waals surface area contributed by atoms with Crippen molar-refractivity contribution in [2.45, 2.75) is 6.54 Å². The van der Waals surface area contributed by atoms with Crippen molar-refractivity contribution in [3.63, 3.8) is 0 Å². The Morgan fingerprint density at radius 3 is 2.68 bits per heavy atom. The number of H-pyrrole nitrogens is 1. The maximum atomic E-state index is 11.3. The number of fused-ring (bicyclic) bond motifs is 1. The molecule has 1 heterocycles. The Balaban J connectivity index is 1.93. The van der Waals surface area contributed by atoms with Gasteiger partial charge in [-0.2, -0.15) is 0 Å². The first-order valence-corrected chi connectivity index (χ1v) is 7.38. The smallest absolute Gasteiger partial charge is 0.239 e. The van der Waals surface area contributed by atoms with Crippen LogP contribution in [0.25, 0.3) is 22.4 Å². The van der Waals surface area contributed by atoms with Crippen LogP contribution in [0, 0.1) is 0 Å². The molecule has 0 saturated carbocycles. The Hall–Kier alpha value is -2.37. The van der Waals surface area contributed by atoms with E-state index in [1.54, 1.807) is 0 Å². The predicted octanol–water partition coefficient (Wildman–Crippen LogP) is 2.87. The summed E-state index contributed by atoms with van der Waals surface area (Å²) in [5.74, 6) is 0.464. The summed E-state index contributed by atoms with van der Waals surface area (Å²) in [6.45, 7) is 0.518. The molecule has 1 aromatic heterocycles. The Bertz CT molecular complexity index is 811. The minimum atomic E-state index is -0.242.